The molecule has 0 amide bonds. The van der Waals surface area contributed by atoms with E-state index in [1.165, 1.54) is 12.8 Å². The Balaban J connectivity index is 2.02. The first-order valence-electron chi connectivity index (χ1n) is 6.30. The van der Waals surface area contributed by atoms with Gasteiger partial charge >= 0.3 is 0 Å². The molecule has 0 unspecified atom stereocenters. The van der Waals surface area contributed by atoms with Crippen LogP contribution in [0.4, 0.5) is 5.69 Å². The summed E-state index contributed by atoms with van der Waals surface area (Å²) in [4.78, 5) is 0. The van der Waals surface area contributed by atoms with Gasteiger partial charge < -0.3 is 15.2 Å². The Hall–Kier alpha value is -2.17. The van der Waals surface area contributed by atoms with Crippen molar-refractivity contribution >= 4 is 5.69 Å². The molecule has 0 aliphatic heterocycles. The minimum Gasteiger partial charge on any atom is -0.493 e. The number of methoxy groups -OCH3 is 2. The summed E-state index contributed by atoms with van der Waals surface area (Å²) < 4.78 is 12.3. The molecule has 1 aromatic heterocycles. The third kappa shape index (κ3) is 2.12. The monoisotopic (exact) mass is 259 g/mol. The van der Waals surface area contributed by atoms with Gasteiger partial charge in [0.15, 0.2) is 11.5 Å². The highest BCUT2D eigenvalue weighted by Gasteiger charge is 2.26. The summed E-state index contributed by atoms with van der Waals surface area (Å²) in [7, 11) is 3.20. The van der Waals surface area contributed by atoms with Crippen LogP contribution in [0.3, 0.4) is 0 Å². The fraction of sp³-hybridized carbons (Fsp3) is 0.357. The van der Waals surface area contributed by atoms with Gasteiger partial charge in [0.1, 0.15) is 0 Å². The predicted octanol–water partition coefficient (Wildman–Crippen LogP) is 2.35. The van der Waals surface area contributed by atoms with Crippen LogP contribution >= 0.6 is 0 Å². The number of hydrogen-bond acceptors (Lipinski definition) is 4. The predicted molar refractivity (Wildman–Crippen MR) is 73.1 cm³/mol. The zero-order valence-corrected chi connectivity index (χ0v) is 11.1. The van der Waals surface area contributed by atoms with Gasteiger partial charge in [-0.05, 0) is 18.9 Å². The maximum Gasteiger partial charge on any atom is 0.163 e. The molecular formula is C14H17N3O2. The van der Waals surface area contributed by atoms with Gasteiger partial charge in [-0.3, -0.25) is 0 Å². The minimum absolute atomic E-state index is 0.614. The lowest BCUT2D eigenvalue weighted by Gasteiger charge is -2.12. The van der Waals surface area contributed by atoms with Crippen LogP contribution in [0.15, 0.2) is 24.4 Å². The van der Waals surface area contributed by atoms with Crippen molar-refractivity contribution in [1.82, 2.24) is 9.78 Å². The maximum atomic E-state index is 6.06. The SMILES string of the molecule is COc1cc(N)c(-n2ccc(C3CC3)n2)cc1OC. The largest absolute Gasteiger partial charge is 0.493 e. The second-order valence-corrected chi connectivity index (χ2v) is 4.73. The molecule has 2 N–H and O–H groups in total. The zero-order valence-electron chi connectivity index (χ0n) is 11.1. The Morgan fingerprint density at radius 3 is 2.53 bits per heavy atom. The van der Waals surface area contributed by atoms with Crippen LogP contribution in [0.5, 0.6) is 11.5 Å². The van der Waals surface area contributed by atoms with E-state index in [4.69, 9.17) is 15.2 Å². The maximum absolute atomic E-state index is 6.06. The topological polar surface area (TPSA) is 62.3 Å². The average Bonchev–Trinajstić information content (AvgIpc) is 3.17. The number of ether oxygens (including phenoxy) is 2. The summed E-state index contributed by atoms with van der Waals surface area (Å²) >= 11 is 0. The van der Waals surface area contributed by atoms with E-state index in [-0.39, 0.29) is 0 Å². The second kappa shape index (κ2) is 4.50. The van der Waals surface area contributed by atoms with Crippen LogP contribution in [0.2, 0.25) is 0 Å². The highest BCUT2D eigenvalue weighted by atomic mass is 16.5. The van der Waals surface area contributed by atoms with Crippen LogP contribution in [0.25, 0.3) is 5.69 Å². The van der Waals surface area contributed by atoms with Crippen molar-refractivity contribution in [2.45, 2.75) is 18.8 Å². The Kier molecular flexibility index (Phi) is 2.81. The standard InChI is InChI=1S/C14H17N3O2/c1-18-13-7-10(15)12(8-14(13)19-2)17-6-5-11(16-17)9-3-4-9/h5-9H,3-4,15H2,1-2H3. The molecule has 0 atom stereocenters. The van der Waals surface area contributed by atoms with Gasteiger partial charge in [0.2, 0.25) is 0 Å². The van der Waals surface area contributed by atoms with E-state index in [1.54, 1.807) is 25.0 Å². The molecule has 5 heteroatoms. The van der Waals surface area contributed by atoms with Crippen LogP contribution in [-0.4, -0.2) is 24.0 Å². The van der Waals surface area contributed by atoms with Gasteiger partial charge in [0, 0.05) is 24.2 Å². The Bertz CT molecular complexity index is 603. The molecule has 1 aliphatic rings. The lowest BCUT2D eigenvalue weighted by molar-refractivity contribution is 0.355. The normalized spacial score (nSPS) is 14.4. The first kappa shape index (κ1) is 11.9. The van der Waals surface area contributed by atoms with E-state index in [0.29, 0.717) is 23.1 Å². The molecule has 0 spiro atoms. The molecule has 5 nitrogen and oxygen atoms in total. The minimum atomic E-state index is 0.614. The number of hydrogen-bond donors (Lipinski definition) is 1. The highest BCUT2D eigenvalue weighted by Crippen LogP contribution is 2.39. The molecule has 2 aromatic rings. The van der Waals surface area contributed by atoms with Gasteiger partial charge in [-0.1, -0.05) is 0 Å². The zero-order chi connectivity index (χ0) is 13.4. The first-order chi connectivity index (χ1) is 9.22. The number of benzene rings is 1. The molecule has 1 saturated carbocycles. The number of anilines is 1. The Morgan fingerprint density at radius 2 is 1.89 bits per heavy atom. The van der Waals surface area contributed by atoms with Crippen molar-refractivity contribution in [2.24, 2.45) is 0 Å². The van der Waals surface area contributed by atoms with E-state index in [0.717, 1.165) is 11.4 Å². The number of nitrogens with zero attached hydrogens (tertiary/aromatic N) is 2. The van der Waals surface area contributed by atoms with Crippen molar-refractivity contribution in [1.29, 1.82) is 0 Å². The lowest BCUT2D eigenvalue weighted by Crippen LogP contribution is -2.03. The highest BCUT2D eigenvalue weighted by molar-refractivity contribution is 5.65. The van der Waals surface area contributed by atoms with Gasteiger partial charge in [-0.2, -0.15) is 5.10 Å². The van der Waals surface area contributed by atoms with Gasteiger partial charge in [0.05, 0.1) is 31.3 Å². The summed E-state index contributed by atoms with van der Waals surface area (Å²) in [5.41, 5.74) is 8.61. The summed E-state index contributed by atoms with van der Waals surface area (Å²) in [5.74, 6) is 1.90. The average molecular weight is 259 g/mol. The summed E-state index contributed by atoms with van der Waals surface area (Å²) in [6.07, 6.45) is 4.40. The van der Waals surface area contributed by atoms with Crippen LogP contribution in [-0.2, 0) is 0 Å². The summed E-state index contributed by atoms with van der Waals surface area (Å²) in [5, 5.41) is 4.57. The second-order valence-electron chi connectivity index (χ2n) is 4.73. The summed E-state index contributed by atoms with van der Waals surface area (Å²) in [6, 6.07) is 5.65. The Morgan fingerprint density at radius 1 is 1.21 bits per heavy atom. The quantitative estimate of drug-likeness (QED) is 0.856. The summed E-state index contributed by atoms with van der Waals surface area (Å²) in [6.45, 7) is 0. The number of nitrogen functional groups attached to an aromatic ring is 1. The molecule has 1 heterocycles. The molecule has 1 fully saturated rings. The third-order valence-corrected chi connectivity index (χ3v) is 3.39. The molecule has 1 aromatic carbocycles. The Labute approximate surface area is 111 Å². The number of nitrogens with two attached hydrogens (primary N) is 1. The molecule has 0 radical (unpaired) electrons. The van der Waals surface area contributed by atoms with Crippen molar-refractivity contribution in [3.05, 3.63) is 30.1 Å². The molecule has 100 valence electrons. The van der Waals surface area contributed by atoms with Gasteiger partial charge in [-0.25, -0.2) is 4.68 Å². The van der Waals surface area contributed by atoms with Crippen molar-refractivity contribution in [2.75, 3.05) is 20.0 Å². The van der Waals surface area contributed by atoms with Gasteiger partial charge in [0.25, 0.3) is 0 Å². The van der Waals surface area contributed by atoms with Crippen LogP contribution in [0.1, 0.15) is 24.5 Å². The molecule has 19 heavy (non-hydrogen) atoms. The van der Waals surface area contributed by atoms with Crippen LogP contribution in [0, 0.1) is 0 Å². The third-order valence-electron chi connectivity index (χ3n) is 3.39. The van der Waals surface area contributed by atoms with E-state index < -0.39 is 0 Å². The van der Waals surface area contributed by atoms with Crippen LogP contribution < -0.4 is 15.2 Å². The van der Waals surface area contributed by atoms with E-state index in [2.05, 4.69) is 5.10 Å². The molecular weight excluding hydrogens is 242 g/mol. The fourth-order valence-corrected chi connectivity index (χ4v) is 2.15. The lowest BCUT2D eigenvalue weighted by atomic mass is 10.2. The fourth-order valence-electron chi connectivity index (χ4n) is 2.15. The van der Waals surface area contributed by atoms with Crippen molar-refractivity contribution < 1.29 is 9.47 Å². The molecule has 3 rings (SSSR count). The van der Waals surface area contributed by atoms with E-state index >= 15 is 0 Å². The molecule has 0 saturated heterocycles. The van der Waals surface area contributed by atoms with Crippen molar-refractivity contribution in [3.8, 4) is 17.2 Å². The molecule has 1 aliphatic carbocycles. The van der Waals surface area contributed by atoms with Crippen molar-refractivity contribution in [3.63, 3.8) is 0 Å². The van der Waals surface area contributed by atoms with E-state index in [1.807, 2.05) is 18.3 Å². The number of rotatable bonds is 4. The smallest absolute Gasteiger partial charge is 0.163 e. The number of aromatic nitrogens is 2. The first-order valence-corrected chi connectivity index (χ1v) is 6.30. The van der Waals surface area contributed by atoms with Gasteiger partial charge in [-0.15, -0.1) is 0 Å². The molecule has 0 bridgehead atoms. The van der Waals surface area contributed by atoms with E-state index in [9.17, 15) is 0 Å².